The minimum Gasteiger partial charge on any atom is -0.342 e. The van der Waals surface area contributed by atoms with Crippen LogP contribution in [0.4, 0.5) is 5.69 Å². The number of amides is 2. The van der Waals surface area contributed by atoms with Crippen molar-refractivity contribution in [3.05, 3.63) is 29.8 Å². The van der Waals surface area contributed by atoms with Crippen LogP contribution in [0.3, 0.4) is 0 Å². The molecule has 0 radical (unpaired) electrons. The fourth-order valence-corrected chi connectivity index (χ4v) is 3.26. The summed E-state index contributed by atoms with van der Waals surface area (Å²) in [5, 5.41) is 2.94. The molecule has 0 unspecified atom stereocenters. The topological polar surface area (TPSA) is 49.4 Å². The monoisotopic (exact) mass is 314 g/mol. The summed E-state index contributed by atoms with van der Waals surface area (Å²) >= 11 is 0. The van der Waals surface area contributed by atoms with Crippen LogP contribution < -0.4 is 5.32 Å². The van der Waals surface area contributed by atoms with Gasteiger partial charge < -0.3 is 10.2 Å². The van der Waals surface area contributed by atoms with Crippen molar-refractivity contribution < 1.29 is 9.59 Å². The first kappa shape index (κ1) is 16.0. The Bertz CT molecular complexity index is 582. The Morgan fingerprint density at radius 3 is 2.17 bits per heavy atom. The average molecular weight is 314 g/mol. The first-order chi connectivity index (χ1) is 11.0. The highest BCUT2D eigenvalue weighted by atomic mass is 16.2. The molecule has 1 N–H and O–H groups in total. The second-order valence-electron chi connectivity index (χ2n) is 7.17. The van der Waals surface area contributed by atoms with Crippen molar-refractivity contribution in [2.24, 2.45) is 5.41 Å². The van der Waals surface area contributed by atoms with E-state index < -0.39 is 5.41 Å². The van der Waals surface area contributed by atoms with Gasteiger partial charge in [0.2, 0.25) is 11.8 Å². The maximum Gasteiger partial charge on any atom is 0.240 e. The first-order valence-corrected chi connectivity index (χ1v) is 8.74. The Kier molecular flexibility index (Phi) is 4.42. The lowest BCUT2D eigenvalue weighted by atomic mass is 10.0. The summed E-state index contributed by atoms with van der Waals surface area (Å²) in [4.78, 5) is 27.3. The van der Waals surface area contributed by atoms with E-state index in [1.807, 2.05) is 29.2 Å². The molecule has 0 spiro atoms. The number of nitrogens with one attached hydrogen (secondary N) is 1. The van der Waals surface area contributed by atoms with Crippen molar-refractivity contribution in [1.82, 2.24) is 4.90 Å². The van der Waals surface area contributed by atoms with Gasteiger partial charge in [0.15, 0.2) is 0 Å². The molecule has 1 saturated carbocycles. The molecule has 2 aliphatic rings. The lowest BCUT2D eigenvalue weighted by Gasteiger charge is -2.30. The van der Waals surface area contributed by atoms with Crippen molar-refractivity contribution >= 4 is 17.5 Å². The highest BCUT2D eigenvalue weighted by Gasteiger charge is 2.58. The van der Waals surface area contributed by atoms with Crippen molar-refractivity contribution in [3.63, 3.8) is 0 Å². The van der Waals surface area contributed by atoms with Crippen LogP contribution in [-0.4, -0.2) is 29.8 Å². The Hall–Kier alpha value is -1.84. The molecule has 2 fully saturated rings. The van der Waals surface area contributed by atoms with Crippen LogP contribution >= 0.6 is 0 Å². The van der Waals surface area contributed by atoms with Gasteiger partial charge in [-0.1, -0.05) is 26.0 Å². The largest absolute Gasteiger partial charge is 0.342 e. The van der Waals surface area contributed by atoms with Gasteiger partial charge in [-0.2, -0.15) is 0 Å². The highest BCUT2D eigenvalue weighted by Crippen LogP contribution is 2.48. The zero-order chi connectivity index (χ0) is 16.4. The van der Waals surface area contributed by atoms with Gasteiger partial charge in [-0.3, -0.25) is 9.59 Å². The van der Waals surface area contributed by atoms with Crippen LogP contribution in [0.2, 0.25) is 0 Å². The smallest absolute Gasteiger partial charge is 0.240 e. The molecule has 0 aromatic heterocycles. The highest BCUT2D eigenvalue weighted by molar-refractivity contribution is 6.13. The maximum atomic E-state index is 12.7. The Morgan fingerprint density at radius 2 is 1.65 bits per heavy atom. The van der Waals surface area contributed by atoms with Crippen LogP contribution in [-0.2, 0) is 9.59 Å². The molecule has 0 bridgehead atoms. The van der Waals surface area contributed by atoms with Crippen LogP contribution in [0.25, 0.3) is 0 Å². The third kappa shape index (κ3) is 3.26. The molecule has 1 aliphatic carbocycles. The van der Waals surface area contributed by atoms with Gasteiger partial charge in [-0.25, -0.2) is 0 Å². The van der Waals surface area contributed by atoms with Gasteiger partial charge in [0.1, 0.15) is 5.41 Å². The number of hydrogen-bond donors (Lipinski definition) is 1. The SMILES string of the molecule is CC(C)c1ccc(NC(=O)C2(C(=O)N3CCCCC3)CC2)cc1. The summed E-state index contributed by atoms with van der Waals surface area (Å²) in [6, 6.07) is 7.92. The summed E-state index contributed by atoms with van der Waals surface area (Å²) < 4.78 is 0. The first-order valence-electron chi connectivity index (χ1n) is 8.74. The number of anilines is 1. The minimum absolute atomic E-state index is 0.0356. The molecule has 2 amide bonds. The number of nitrogens with zero attached hydrogens (tertiary/aromatic N) is 1. The number of rotatable bonds is 4. The van der Waals surface area contributed by atoms with E-state index in [1.54, 1.807) is 0 Å². The third-order valence-electron chi connectivity index (χ3n) is 5.07. The van der Waals surface area contributed by atoms with Gasteiger partial charge >= 0.3 is 0 Å². The zero-order valence-corrected chi connectivity index (χ0v) is 14.1. The molecule has 1 heterocycles. The number of hydrogen-bond acceptors (Lipinski definition) is 2. The maximum absolute atomic E-state index is 12.7. The molecule has 1 aromatic rings. The lowest BCUT2D eigenvalue weighted by Crippen LogP contribution is -2.45. The number of piperidine rings is 1. The van der Waals surface area contributed by atoms with Crippen LogP contribution in [0, 0.1) is 5.41 Å². The molecular formula is C19H26N2O2. The van der Waals surface area contributed by atoms with Crippen LogP contribution in [0.5, 0.6) is 0 Å². The predicted octanol–water partition coefficient (Wildman–Crippen LogP) is 3.54. The zero-order valence-electron chi connectivity index (χ0n) is 14.1. The standard InChI is InChI=1S/C19H26N2O2/c1-14(2)15-6-8-16(9-7-15)20-17(22)19(10-11-19)18(23)21-12-4-3-5-13-21/h6-9,14H,3-5,10-13H2,1-2H3,(H,20,22). The summed E-state index contributed by atoms with van der Waals surface area (Å²) in [7, 11) is 0. The second kappa shape index (κ2) is 6.34. The molecule has 1 aromatic carbocycles. The van der Waals surface area contributed by atoms with Gasteiger partial charge in [0.25, 0.3) is 0 Å². The summed E-state index contributed by atoms with van der Waals surface area (Å²) in [5.41, 5.74) is 1.22. The molecule has 4 heteroatoms. The van der Waals surface area contributed by atoms with Gasteiger partial charge in [-0.05, 0) is 55.7 Å². The second-order valence-corrected chi connectivity index (χ2v) is 7.17. The molecule has 1 saturated heterocycles. The fourth-order valence-electron chi connectivity index (χ4n) is 3.26. The van der Waals surface area contributed by atoms with Crippen molar-refractivity contribution in [2.45, 2.75) is 51.9 Å². The Labute approximate surface area is 138 Å². The number of carbonyl (C=O) groups is 2. The quantitative estimate of drug-likeness (QED) is 0.864. The summed E-state index contributed by atoms with van der Waals surface area (Å²) in [6.07, 6.45) is 4.65. The molecule has 1 aliphatic heterocycles. The van der Waals surface area contributed by atoms with Crippen molar-refractivity contribution in [3.8, 4) is 0 Å². The van der Waals surface area contributed by atoms with E-state index in [2.05, 4.69) is 19.2 Å². The lowest BCUT2D eigenvalue weighted by molar-refractivity contribution is -0.143. The Balaban J connectivity index is 1.66. The van der Waals surface area contributed by atoms with E-state index in [1.165, 1.54) is 12.0 Å². The van der Waals surface area contributed by atoms with Crippen molar-refractivity contribution in [2.75, 3.05) is 18.4 Å². The van der Waals surface area contributed by atoms with Gasteiger partial charge in [0.05, 0.1) is 0 Å². The van der Waals surface area contributed by atoms with E-state index in [4.69, 9.17) is 0 Å². The van der Waals surface area contributed by atoms with Gasteiger partial charge in [0, 0.05) is 18.8 Å². The molecular weight excluding hydrogens is 288 g/mol. The van der Waals surface area contributed by atoms with E-state index >= 15 is 0 Å². The third-order valence-corrected chi connectivity index (χ3v) is 5.07. The molecule has 3 rings (SSSR count). The summed E-state index contributed by atoms with van der Waals surface area (Å²) in [6.45, 7) is 5.89. The molecule has 124 valence electrons. The van der Waals surface area contributed by atoms with Crippen LogP contribution in [0.15, 0.2) is 24.3 Å². The fraction of sp³-hybridized carbons (Fsp3) is 0.579. The van der Waals surface area contributed by atoms with E-state index in [-0.39, 0.29) is 11.8 Å². The average Bonchev–Trinajstić information content (AvgIpc) is 3.37. The Morgan fingerprint density at radius 1 is 1.04 bits per heavy atom. The normalized spacial score (nSPS) is 19.5. The minimum atomic E-state index is -0.798. The summed E-state index contributed by atoms with van der Waals surface area (Å²) in [5.74, 6) is 0.370. The van der Waals surface area contributed by atoms with E-state index in [0.717, 1.165) is 31.6 Å². The molecule has 0 atom stereocenters. The van der Waals surface area contributed by atoms with Crippen molar-refractivity contribution in [1.29, 1.82) is 0 Å². The van der Waals surface area contributed by atoms with E-state index in [0.29, 0.717) is 18.8 Å². The molecule has 4 nitrogen and oxygen atoms in total. The number of benzene rings is 1. The van der Waals surface area contributed by atoms with E-state index in [9.17, 15) is 9.59 Å². The van der Waals surface area contributed by atoms with Gasteiger partial charge in [-0.15, -0.1) is 0 Å². The molecule has 23 heavy (non-hydrogen) atoms. The number of likely N-dealkylation sites (tertiary alicyclic amines) is 1. The number of carbonyl (C=O) groups excluding carboxylic acids is 2. The predicted molar refractivity (Wildman–Crippen MR) is 91.3 cm³/mol. The van der Waals surface area contributed by atoms with Crippen LogP contribution in [0.1, 0.15) is 57.4 Å².